The van der Waals surface area contributed by atoms with Crippen LogP contribution in [-0.2, 0) is 11.2 Å². The maximum atomic E-state index is 13.5. The van der Waals surface area contributed by atoms with Crippen LogP contribution >= 0.6 is 0 Å². The maximum Gasteiger partial charge on any atom is 0.307 e. The molecule has 1 aromatic carbocycles. The molecule has 0 saturated carbocycles. The first-order valence-electron chi connectivity index (χ1n) is 6.34. The zero-order chi connectivity index (χ0) is 14.4. The average Bonchev–Trinajstić information content (AvgIpc) is 2.36. The van der Waals surface area contributed by atoms with E-state index in [1.165, 1.54) is 12.1 Å². The summed E-state index contributed by atoms with van der Waals surface area (Å²) < 4.78 is 26.3. The third-order valence-corrected chi connectivity index (χ3v) is 3.35. The molecule has 0 aromatic heterocycles. The number of rotatable bonds is 7. The fourth-order valence-corrected chi connectivity index (χ4v) is 2.09. The number of carboxylic acid groups (broad SMARTS) is 1. The van der Waals surface area contributed by atoms with Gasteiger partial charge >= 0.3 is 5.97 Å². The van der Waals surface area contributed by atoms with Crippen LogP contribution in [0.3, 0.4) is 0 Å². The van der Waals surface area contributed by atoms with Crippen LogP contribution in [0, 0.1) is 23.5 Å². The molecule has 0 bridgehead atoms. The van der Waals surface area contributed by atoms with Gasteiger partial charge in [0.2, 0.25) is 0 Å². The van der Waals surface area contributed by atoms with Gasteiger partial charge in [-0.05, 0) is 30.4 Å². The van der Waals surface area contributed by atoms with Crippen molar-refractivity contribution >= 4 is 5.97 Å². The smallest absolute Gasteiger partial charge is 0.307 e. The van der Waals surface area contributed by atoms with Crippen molar-refractivity contribution in [1.29, 1.82) is 0 Å². The van der Waals surface area contributed by atoms with E-state index in [1.54, 1.807) is 0 Å². The predicted octanol–water partition coefficient (Wildman–Crippen LogP) is 2.58. The van der Waals surface area contributed by atoms with Crippen molar-refractivity contribution in [2.24, 2.45) is 17.6 Å². The molecule has 3 N–H and O–H groups in total. The highest BCUT2D eigenvalue weighted by molar-refractivity contribution is 5.70. The highest BCUT2D eigenvalue weighted by Crippen LogP contribution is 2.22. The van der Waals surface area contributed by atoms with E-state index in [9.17, 15) is 13.6 Å². The van der Waals surface area contributed by atoms with E-state index in [-0.39, 0.29) is 12.5 Å². The summed E-state index contributed by atoms with van der Waals surface area (Å²) in [6.07, 6.45) is 1.52. The Morgan fingerprint density at radius 3 is 2.58 bits per heavy atom. The quantitative estimate of drug-likeness (QED) is 0.801. The SMILES string of the molecule is CCC(Cc1ccc(F)cc1F)CC(CN)C(=O)O. The van der Waals surface area contributed by atoms with Crippen LogP contribution in [0.15, 0.2) is 18.2 Å². The molecular formula is C14H19F2NO2. The molecular weight excluding hydrogens is 252 g/mol. The first-order chi connectivity index (χ1) is 8.97. The molecule has 0 aliphatic carbocycles. The third kappa shape index (κ3) is 4.59. The number of hydrogen-bond acceptors (Lipinski definition) is 2. The Hall–Kier alpha value is -1.49. The molecule has 5 heteroatoms. The molecule has 1 aromatic rings. The number of nitrogens with two attached hydrogens (primary N) is 1. The van der Waals surface area contributed by atoms with E-state index >= 15 is 0 Å². The fourth-order valence-electron chi connectivity index (χ4n) is 2.09. The van der Waals surface area contributed by atoms with E-state index < -0.39 is 23.5 Å². The molecule has 0 aliphatic rings. The normalized spacial score (nSPS) is 14.1. The van der Waals surface area contributed by atoms with Crippen LogP contribution in [0.5, 0.6) is 0 Å². The monoisotopic (exact) mass is 271 g/mol. The summed E-state index contributed by atoms with van der Waals surface area (Å²) in [6, 6.07) is 3.47. The number of halogens is 2. The molecule has 0 heterocycles. The molecule has 0 aliphatic heterocycles. The number of aliphatic carboxylic acids is 1. The zero-order valence-corrected chi connectivity index (χ0v) is 10.9. The van der Waals surface area contributed by atoms with Gasteiger partial charge in [0.05, 0.1) is 5.92 Å². The van der Waals surface area contributed by atoms with Crippen LogP contribution in [0.4, 0.5) is 8.78 Å². The van der Waals surface area contributed by atoms with Gasteiger partial charge in [-0.1, -0.05) is 19.4 Å². The Labute approximate surface area is 111 Å². The minimum absolute atomic E-state index is 0.0182. The van der Waals surface area contributed by atoms with Gasteiger partial charge in [0.15, 0.2) is 0 Å². The van der Waals surface area contributed by atoms with E-state index in [0.717, 1.165) is 12.5 Å². The van der Waals surface area contributed by atoms with E-state index in [4.69, 9.17) is 10.8 Å². The molecule has 2 atom stereocenters. The van der Waals surface area contributed by atoms with Crippen LogP contribution in [-0.4, -0.2) is 17.6 Å². The van der Waals surface area contributed by atoms with Crippen LogP contribution in [0.1, 0.15) is 25.3 Å². The summed E-state index contributed by atoms with van der Waals surface area (Å²) in [5.74, 6) is -2.73. The van der Waals surface area contributed by atoms with Gasteiger partial charge in [0.1, 0.15) is 11.6 Å². The molecule has 0 radical (unpaired) electrons. The lowest BCUT2D eigenvalue weighted by atomic mass is 9.87. The molecule has 3 nitrogen and oxygen atoms in total. The Morgan fingerprint density at radius 2 is 2.11 bits per heavy atom. The van der Waals surface area contributed by atoms with Gasteiger partial charge in [-0.3, -0.25) is 4.79 Å². The Bertz CT molecular complexity index is 437. The molecule has 1 rings (SSSR count). The second kappa shape index (κ2) is 7.19. The molecule has 19 heavy (non-hydrogen) atoms. The average molecular weight is 271 g/mol. The number of benzene rings is 1. The van der Waals surface area contributed by atoms with Crippen molar-refractivity contribution in [1.82, 2.24) is 0 Å². The van der Waals surface area contributed by atoms with Gasteiger partial charge in [-0.2, -0.15) is 0 Å². The van der Waals surface area contributed by atoms with Gasteiger partial charge in [-0.15, -0.1) is 0 Å². The van der Waals surface area contributed by atoms with Crippen molar-refractivity contribution in [3.8, 4) is 0 Å². The fraction of sp³-hybridized carbons (Fsp3) is 0.500. The van der Waals surface area contributed by atoms with Gasteiger partial charge in [0.25, 0.3) is 0 Å². The standard InChI is InChI=1S/C14H19F2NO2/c1-2-9(6-11(8-17)14(18)19)5-10-3-4-12(15)7-13(10)16/h3-4,7,9,11H,2,5-6,8,17H2,1H3,(H,18,19). The summed E-state index contributed by atoms with van der Waals surface area (Å²) in [5, 5.41) is 8.97. The molecule has 106 valence electrons. The summed E-state index contributed by atoms with van der Waals surface area (Å²) >= 11 is 0. The van der Waals surface area contributed by atoms with E-state index in [2.05, 4.69) is 0 Å². The summed E-state index contributed by atoms with van der Waals surface area (Å²) in [4.78, 5) is 10.9. The topological polar surface area (TPSA) is 63.3 Å². The van der Waals surface area contributed by atoms with Gasteiger partial charge < -0.3 is 10.8 Å². The van der Waals surface area contributed by atoms with Crippen molar-refractivity contribution in [2.75, 3.05) is 6.54 Å². The third-order valence-electron chi connectivity index (χ3n) is 3.35. The van der Waals surface area contributed by atoms with Gasteiger partial charge in [0, 0.05) is 12.6 Å². The summed E-state index contributed by atoms with van der Waals surface area (Å²) in [6.45, 7) is 1.99. The highest BCUT2D eigenvalue weighted by atomic mass is 19.1. The van der Waals surface area contributed by atoms with Gasteiger partial charge in [-0.25, -0.2) is 8.78 Å². The van der Waals surface area contributed by atoms with Crippen molar-refractivity contribution < 1.29 is 18.7 Å². The minimum atomic E-state index is -0.930. The maximum absolute atomic E-state index is 13.5. The highest BCUT2D eigenvalue weighted by Gasteiger charge is 2.21. The second-order valence-corrected chi connectivity index (χ2v) is 4.72. The zero-order valence-electron chi connectivity index (χ0n) is 10.9. The molecule has 2 unspecified atom stereocenters. The molecule has 0 amide bonds. The summed E-state index contributed by atoms with van der Waals surface area (Å²) in [5.41, 5.74) is 5.83. The lowest BCUT2D eigenvalue weighted by Gasteiger charge is -2.19. The Kier molecular flexibility index (Phi) is 5.89. The number of hydrogen-bond donors (Lipinski definition) is 2. The Balaban J connectivity index is 2.73. The minimum Gasteiger partial charge on any atom is -0.481 e. The molecule has 0 fully saturated rings. The van der Waals surface area contributed by atoms with Crippen molar-refractivity contribution in [3.05, 3.63) is 35.4 Å². The second-order valence-electron chi connectivity index (χ2n) is 4.72. The largest absolute Gasteiger partial charge is 0.481 e. The lowest BCUT2D eigenvalue weighted by Crippen LogP contribution is -2.26. The number of carboxylic acids is 1. The first kappa shape index (κ1) is 15.6. The molecule has 0 spiro atoms. The van der Waals surface area contributed by atoms with Crippen LogP contribution < -0.4 is 5.73 Å². The van der Waals surface area contributed by atoms with E-state index in [0.29, 0.717) is 18.4 Å². The van der Waals surface area contributed by atoms with E-state index in [1.807, 2.05) is 6.92 Å². The van der Waals surface area contributed by atoms with Crippen LogP contribution in [0.2, 0.25) is 0 Å². The Morgan fingerprint density at radius 1 is 1.42 bits per heavy atom. The lowest BCUT2D eigenvalue weighted by molar-refractivity contribution is -0.142. The van der Waals surface area contributed by atoms with Crippen molar-refractivity contribution in [2.45, 2.75) is 26.2 Å². The first-order valence-corrected chi connectivity index (χ1v) is 6.34. The summed E-state index contributed by atoms with van der Waals surface area (Å²) in [7, 11) is 0. The molecule has 0 saturated heterocycles. The van der Waals surface area contributed by atoms with Crippen molar-refractivity contribution in [3.63, 3.8) is 0 Å². The predicted molar refractivity (Wildman–Crippen MR) is 68.6 cm³/mol. The van der Waals surface area contributed by atoms with Crippen LogP contribution in [0.25, 0.3) is 0 Å². The number of carbonyl (C=O) groups is 1.